The molecule has 1 unspecified atom stereocenters. The maximum absolute atomic E-state index is 12.3. The number of fused-ring (bicyclic) bond motifs is 1. The highest BCUT2D eigenvalue weighted by molar-refractivity contribution is 7.09. The second-order valence-electron chi connectivity index (χ2n) is 5.95. The molecule has 2 aromatic heterocycles. The molecule has 3 aromatic rings. The molecule has 0 radical (unpaired) electrons. The fraction of sp³-hybridized carbons (Fsp3) is 0.353. The molecule has 0 saturated carbocycles. The summed E-state index contributed by atoms with van der Waals surface area (Å²) in [6.07, 6.45) is 2.13. The van der Waals surface area contributed by atoms with Crippen LogP contribution < -0.4 is 5.56 Å². The number of hydrogen-bond donors (Lipinski definition) is 1. The fourth-order valence-electron chi connectivity index (χ4n) is 3.28. The highest BCUT2D eigenvalue weighted by atomic mass is 32.1. The molecule has 1 aromatic carbocycles. The van der Waals surface area contributed by atoms with Gasteiger partial charge in [-0.05, 0) is 38.4 Å². The second kappa shape index (κ2) is 5.86. The number of para-hydroxylation sites is 1. The second-order valence-corrected chi connectivity index (χ2v) is 7.02. The van der Waals surface area contributed by atoms with Gasteiger partial charge in [-0.1, -0.05) is 12.1 Å². The molecule has 0 aliphatic carbocycles. The first-order chi connectivity index (χ1) is 11.2. The van der Waals surface area contributed by atoms with Gasteiger partial charge in [-0.3, -0.25) is 9.69 Å². The predicted molar refractivity (Wildman–Crippen MR) is 91.6 cm³/mol. The van der Waals surface area contributed by atoms with Crippen LogP contribution in [-0.4, -0.2) is 26.4 Å². The van der Waals surface area contributed by atoms with E-state index >= 15 is 0 Å². The van der Waals surface area contributed by atoms with Gasteiger partial charge in [-0.2, -0.15) is 0 Å². The van der Waals surface area contributed by atoms with Gasteiger partial charge in [0, 0.05) is 11.9 Å². The molecule has 0 spiro atoms. The monoisotopic (exact) mass is 326 g/mol. The van der Waals surface area contributed by atoms with E-state index < -0.39 is 0 Å². The average Bonchev–Trinajstić information content (AvgIpc) is 3.17. The molecule has 0 amide bonds. The Morgan fingerprint density at radius 1 is 1.35 bits per heavy atom. The van der Waals surface area contributed by atoms with Crippen LogP contribution in [0.4, 0.5) is 0 Å². The Kier molecular flexibility index (Phi) is 3.71. The minimum absolute atomic E-state index is 0.0537. The Hall–Kier alpha value is -2.05. The number of aromatic amines is 1. The van der Waals surface area contributed by atoms with Crippen molar-refractivity contribution in [3.05, 3.63) is 56.5 Å². The Bertz CT molecular complexity index is 901. The molecule has 4 rings (SSSR count). The molecule has 1 N–H and O–H groups in total. The van der Waals surface area contributed by atoms with Gasteiger partial charge < -0.3 is 4.98 Å². The topological polar surface area (TPSA) is 61.9 Å². The van der Waals surface area contributed by atoms with Gasteiger partial charge in [0.2, 0.25) is 0 Å². The van der Waals surface area contributed by atoms with E-state index in [1.165, 1.54) is 0 Å². The highest BCUT2D eigenvalue weighted by Crippen LogP contribution is 2.31. The fourth-order valence-corrected chi connectivity index (χ4v) is 3.88. The number of aromatic nitrogens is 3. The third-order valence-corrected chi connectivity index (χ3v) is 5.16. The number of likely N-dealkylation sites (tertiary alicyclic amines) is 1. The number of aryl methyl sites for hydroxylation is 1. The Morgan fingerprint density at radius 3 is 3.04 bits per heavy atom. The Balaban J connectivity index is 1.67. The van der Waals surface area contributed by atoms with Crippen molar-refractivity contribution in [1.29, 1.82) is 0 Å². The summed E-state index contributed by atoms with van der Waals surface area (Å²) in [6.45, 7) is 3.85. The van der Waals surface area contributed by atoms with Gasteiger partial charge in [-0.25, -0.2) is 9.97 Å². The maximum Gasteiger partial charge on any atom is 0.258 e. The van der Waals surface area contributed by atoms with Crippen LogP contribution in [0, 0.1) is 6.92 Å². The molecule has 23 heavy (non-hydrogen) atoms. The highest BCUT2D eigenvalue weighted by Gasteiger charge is 2.28. The van der Waals surface area contributed by atoms with E-state index in [0.29, 0.717) is 5.39 Å². The van der Waals surface area contributed by atoms with E-state index in [2.05, 4.69) is 20.2 Å². The van der Waals surface area contributed by atoms with Crippen LogP contribution in [0.25, 0.3) is 10.9 Å². The normalized spacial score (nSPS) is 18.7. The number of nitrogens with zero attached hydrogens (tertiary/aromatic N) is 3. The van der Waals surface area contributed by atoms with Crippen LogP contribution >= 0.6 is 11.3 Å². The molecule has 118 valence electrons. The molecule has 1 saturated heterocycles. The largest absolute Gasteiger partial charge is 0.309 e. The number of benzene rings is 1. The van der Waals surface area contributed by atoms with Gasteiger partial charge in [-0.15, -0.1) is 11.3 Å². The molecular formula is C17H18N4OS. The van der Waals surface area contributed by atoms with Crippen molar-refractivity contribution in [2.24, 2.45) is 0 Å². The molecular weight excluding hydrogens is 308 g/mol. The quantitative estimate of drug-likeness (QED) is 0.803. The van der Waals surface area contributed by atoms with E-state index in [1.54, 1.807) is 11.3 Å². The van der Waals surface area contributed by atoms with Crippen LogP contribution in [-0.2, 0) is 6.54 Å². The lowest BCUT2D eigenvalue weighted by molar-refractivity contribution is 0.237. The van der Waals surface area contributed by atoms with Crippen LogP contribution in [0.5, 0.6) is 0 Å². The zero-order valence-corrected chi connectivity index (χ0v) is 13.8. The molecule has 1 aliphatic heterocycles. The lowest BCUT2D eigenvalue weighted by Crippen LogP contribution is -2.26. The van der Waals surface area contributed by atoms with Crippen molar-refractivity contribution in [3.63, 3.8) is 0 Å². The van der Waals surface area contributed by atoms with Crippen LogP contribution in [0.1, 0.15) is 35.4 Å². The molecule has 5 nitrogen and oxygen atoms in total. The molecule has 1 aliphatic rings. The van der Waals surface area contributed by atoms with Crippen LogP contribution in [0.3, 0.4) is 0 Å². The predicted octanol–water partition coefficient (Wildman–Crippen LogP) is 3.03. The SMILES string of the molecule is Cc1nc(CN2CCCC2c2nc3ccccc3c(=O)[nH]2)cs1. The number of thiazole rings is 1. The summed E-state index contributed by atoms with van der Waals surface area (Å²) in [5, 5.41) is 3.85. The zero-order valence-electron chi connectivity index (χ0n) is 13.0. The van der Waals surface area contributed by atoms with E-state index in [4.69, 9.17) is 4.98 Å². The lowest BCUT2D eigenvalue weighted by atomic mass is 10.2. The van der Waals surface area contributed by atoms with Crippen molar-refractivity contribution in [2.45, 2.75) is 32.4 Å². The minimum Gasteiger partial charge on any atom is -0.309 e. The summed E-state index contributed by atoms with van der Waals surface area (Å²) < 4.78 is 0. The first-order valence-corrected chi connectivity index (χ1v) is 8.73. The van der Waals surface area contributed by atoms with Crippen LogP contribution in [0.2, 0.25) is 0 Å². The van der Waals surface area contributed by atoms with Crippen molar-refractivity contribution in [2.75, 3.05) is 6.54 Å². The van der Waals surface area contributed by atoms with E-state index in [-0.39, 0.29) is 11.6 Å². The van der Waals surface area contributed by atoms with Gasteiger partial charge >= 0.3 is 0 Å². The van der Waals surface area contributed by atoms with Crippen molar-refractivity contribution in [1.82, 2.24) is 19.9 Å². The third kappa shape index (κ3) is 2.80. The number of nitrogens with one attached hydrogen (secondary N) is 1. The maximum atomic E-state index is 12.3. The summed E-state index contributed by atoms with van der Waals surface area (Å²) in [6, 6.07) is 7.66. The van der Waals surface area contributed by atoms with Crippen molar-refractivity contribution in [3.8, 4) is 0 Å². The number of rotatable bonds is 3. The Morgan fingerprint density at radius 2 is 2.22 bits per heavy atom. The lowest BCUT2D eigenvalue weighted by Gasteiger charge is -2.22. The van der Waals surface area contributed by atoms with Gasteiger partial charge in [0.05, 0.1) is 27.6 Å². The Labute approximate surface area is 138 Å². The molecule has 1 atom stereocenters. The van der Waals surface area contributed by atoms with Crippen LogP contribution in [0.15, 0.2) is 34.4 Å². The van der Waals surface area contributed by atoms with Gasteiger partial charge in [0.15, 0.2) is 0 Å². The summed E-state index contributed by atoms with van der Waals surface area (Å²) in [4.78, 5) is 26.9. The van der Waals surface area contributed by atoms with Crippen molar-refractivity contribution < 1.29 is 0 Å². The average molecular weight is 326 g/mol. The number of hydrogen-bond acceptors (Lipinski definition) is 5. The van der Waals surface area contributed by atoms with Gasteiger partial charge in [0.25, 0.3) is 5.56 Å². The summed E-state index contributed by atoms with van der Waals surface area (Å²) in [5.74, 6) is 0.776. The molecule has 1 fully saturated rings. The van der Waals surface area contributed by atoms with E-state index in [1.807, 2.05) is 31.2 Å². The van der Waals surface area contributed by atoms with E-state index in [0.717, 1.165) is 48.0 Å². The molecule has 3 heterocycles. The number of H-pyrrole nitrogens is 1. The first-order valence-electron chi connectivity index (χ1n) is 7.85. The smallest absolute Gasteiger partial charge is 0.258 e. The van der Waals surface area contributed by atoms with Crippen molar-refractivity contribution >= 4 is 22.2 Å². The first kappa shape index (κ1) is 14.5. The summed E-state index contributed by atoms with van der Waals surface area (Å²) in [7, 11) is 0. The standard InChI is InChI=1S/C17H18N4OS/c1-11-18-12(10-23-11)9-21-8-4-7-15(21)16-19-14-6-3-2-5-13(14)17(22)20-16/h2-3,5-6,10,15H,4,7-9H2,1H3,(H,19,20,22). The molecule has 0 bridgehead atoms. The summed E-state index contributed by atoms with van der Waals surface area (Å²) in [5.41, 5.74) is 1.81. The van der Waals surface area contributed by atoms with Gasteiger partial charge in [0.1, 0.15) is 5.82 Å². The summed E-state index contributed by atoms with van der Waals surface area (Å²) >= 11 is 1.68. The third-order valence-electron chi connectivity index (χ3n) is 4.34. The minimum atomic E-state index is -0.0537. The zero-order chi connectivity index (χ0) is 15.8. The molecule has 6 heteroatoms. The van der Waals surface area contributed by atoms with E-state index in [9.17, 15) is 4.79 Å².